The topological polar surface area (TPSA) is 20.2 Å². The van der Waals surface area contributed by atoms with Crippen molar-refractivity contribution < 1.29 is 5.11 Å². The van der Waals surface area contributed by atoms with Crippen molar-refractivity contribution in [2.24, 2.45) is 17.8 Å². The summed E-state index contributed by atoms with van der Waals surface area (Å²) in [6.45, 7) is 0. The van der Waals surface area contributed by atoms with E-state index in [2.05, 4.69) is 16.8 Å². The van der Waals surface area contributed by atoms with E-state index in [0.717, 1.165) is 18.3 Å². The lowest BCUT2D eigenvalue weighted by Crippen LogP contribution is -2.14. The van der Waals surface area contributed by atoms with Crippen LogP contribution >= 0.6 is 11.3 Å². The molecular weight excluding hydrogens is 204 g/mol. The molecule has 1 aromatic rings. The average molecular weight is 222 g/mol. The highest BCUT2D eigenvalue weighted by molar-refractivity contribution is 7.07. The van der Waals surface area contributed by atoms with Crippen molar-refractivity contribution in [1.82, 2.24) is 0 Å². The Kier molecular flexibility index (Phi) is 2.57. The third-order valence-corrected chi connectivity index (χ3v) is 4.92. The summed E-state index contributed by atoms with van der Waals surface area (Å²) in [5, 5.41) is 14.5. The molecule has 1 nitrogen and oxygen atoms in total. The fourth-order valence-corrected chi connectivity index (χ4v) is 4.09. The molecule has 0 aliphatic heterocycles. The van der Waals surface area contributed by atoms with E-state index < -0.39 is 0 Å². The molecule has 3 atom stereocenters. The first-order valence-corrected chi connectivity index (χ1v) is 6.99. The molecule has 0 amide bonds. The summed E-state index contributed by atoms with van der Waals surface area (Å²) in [7, 11) is 0. The fraction of sp³-hybridized carbons (Fsp3) is 0.692. The first-order valence-electron chi connectivity index (χ1n) is 6.05. The Morgan fingerprint density at radius 2 is 2.07 bits per heavy atom. The zero-order chi connectivity index (χ0) is 10.3. The molecule has 0 radical (unpaired) electrons. The molecule has 2 aliphatic rings. The van der Waals surface area contributed by atoms with Crippen molar-refractivity contribution in [3.8, 4) is 0 Å². The molecule has 15 heavy (non-hydrogen) atoms. The summed E-state index contributed by atoms with van der Waals surface area (Å²) < 4.78 is 0. The van der Waals surface area contributed by atoms with Gasteiger partial charge in [-0.1, -0.05) is 12.8 Å². The van der Waals surface area contributed by atoms with Gasteiger partial charge in [-0.05, 0) is 59.4 Å². The number of fused-ring (bicyclic) bond motifs is 1. The summed E-state index contributed by atoms with van der Waals surface area (Å²) in [5.41, 5.74) is 1.32. The molecular formula is C13H18OS. The summed E-state index contributed by atoms with van der Waals surface area (Å²) >= 11 is 1.73. The second kappa shape index (κ2) is 3.91. The van der Waals surface area contributed by atoms with E-state index in [0.29, 0.717) is 5.92 Å². The Bertz CT molecular complexity index is 307. The minimum Gasteiger partial charge on any atom is -0.392 e. The molecule has 1 aromatic heterocycles. The van der Waals surface area contributed by atoms with Gasteiger partial charge in [0.05, 0.1) is 6.10 Å². The van der Waals surface area contributed by atoms with Crippen LogP contribution in [0.15, 0.2) is 16.8 Å². The van der Waals surface area contributed by atoms with Crippen LogP contribution in [0.1, 0.15) is 31.2 Å². The Labute approximate surface area is 95.1 Å². The number of aliphatic hydroxyl groups is 1. The van der Waals surface area contributed by atoms with Crippen LogP contribution in [0.25, 0.3) is 0 Å². The third-order valence-electron chi connectivity index (χ3n) is 4.19. The van der Waals surface area contributed by atoms with Gasteiger partial charge in [-0.15, -0.1) is 0 Å². The Hall–Kier alpha value is -0.340. The minimum atomic E-state index is -0.0762. The largest absolute Gasteiger partial charge is 0.392 e. The molecule has 0 spiro atoms. The van der Waals surface area contributed by atoms with E-state index in [1.807, 2.05) is 0 Å². The van der Waals surface area contributed by atoms with Gasteiger partial charge in [-0.3, -0.25) is 0 Å². The van der Waals surface area contributed by atoms with Gasteiger partial charge in [0.1, 0.15) is 0 Å². The van der Waals surface area contributed by atoms with Crippen molar-refractivity contribution in [2.45, 2.75) is 38.2 Å². The van der Waals surface area contributed by atoms with Gasteiger partial charge < -0.3 is 5.11 Å². The second-order valence-corrected chi connectivity index (χ2v) is 5.87. The van der Waals surface area contributed by atoms with Crippen LogP contribution < -0.4 is 0 Å². The number of hydrogen-bond donors (Lipinski definition) is 1. The highest BCUT2D eigenvalue weighted by Gasteiger charge is 2.53. The lowest BCUT2D eigenvalue weighted by molar-refractivity contribution is 0.140. The Morgan fingerprint density at radius 3 is 2.67 bits per heavy atom. The lowest BCUT2D eigenvalue weighted by atomic mass is 10.0. The third kappa shape index (κ3) is 1.85. The highest BCUT2D eigenvalue weighted by Crippen LogP contribution is 2.57. The second-order valence-electron chi connectivity index (χ2n) is 5.09. The van der Waals surface area contributed by atoms with Crippen molar-refractivity contribution in [1.29, 1.82) is 0 Å². The van der Waals surface area contributed by atoms with Gasteiger partial charge in [-0.2, -0.15) is 11.3 Å². The lowest BCUT2D eigenvalue weighted by Gasteiger charge is -2.08. The normalized spacial score (nSPS) is 35.9. The molecule has 2 aliphatic carbocycles. The maximum atomic E-state index is 10.2. The quantitative estimate of drug-likeness (QED) is 0.833. The van der Waals surface area contributed by atoms with Crippen LogP contribution in [0.5, 0.6) is 0 Å². The molecule has 2 saturated carbocycles. The molecule has 82 valence electrons. The molecule has 2 fully saturated rings. The van der Waals surface area contributed by atoms with E-state index >= 15 is 0 Å². The molecule has 0 bridgehead atoms. The summed E-state index contributed by atoms with van der Waals surface area (Å²) in [6, 6.07) is 2.14. The van der Waals surface area contributed by atoms with Gasteiger partial charge in [0.15, 0.2) is 0 Å². The molecule has 3 unspecified atom stereocenters. The van der Waals surface area contributed by atoms with Crippen molar-refractivity contribution >= 4 is 11.3 Å². The van der Waals surface area contributed by atoms with Crippen LogP contribution in [0, 0.1) is 17.8 Å². The molecule has 1 N–H and O–H groups in total. The van der Waals surface area contributed by atoms with Crippen LogP contribution in [0.3, 0.4) is 0 Å². The van der Waals surface area contributed by atoms with Gasteiger partial charge in [0.25, 0.3) is 0 Å². The standard InChI is InChI=1S/C13H18OS/c14-12(7-9-5-6-15-8-9)13-10-3-1-2-4-11(10)13/h5-6,8,10-14H,1-4,7H2. The summed E-state index contributed by atoms with van der Waals surface area (Å²) in [5.74, 6) is 2.37. The predicted molar refractivity (Wildman–Crippen MR) is 63.0 cm³/mol. The summed E-state index contributed by atoms with van der Waals surface area (Å²) in [6.07, 6.45) is 6.33. The molecule has 1 heterocycles. The maximum absolute atomic E-state index is 10.2. The molecule has 3 rings (SSSR count). The summed E-state index contributed by atoms with van der Waals surface area (Å²) in [4.78, 5) is 0. The smallest absolute Gasteiger partial charge is 0.0614 e. The van der Waals surface area contributed by atoms with Crippen LogP contribution in [-0.2, 0) is 6.42 Å². The van der Waals surface area contributed by atoms with Crippen LogP contribution in [-0.4, -0.2) is 11.2 Å². The van der Waals surface area contributed by atoms with Gasteiger partial charge in [0.2, 0.25) is 0 Å². The zero-order valence-corrected chi connectivity index (χ0v) is 9.75. The van der Waals surface area contributed by atoms with E-state index in [1.54, 1.807) is 11.3 Å². The van der Waals surface area contributed by atoms with Crippen molar-refractivity contribution in [3.63, 3.8) is 0 Å². The fourth-order valence-electron chi connectivity index (χ4n) is 3.40. The molecule has 0 saturated heterocycles. The van der Waals surface area contributed by atoms with E-state index in [9.17, 15) is 5.11 Å². The van der Waals surface area contributed by atoms with Gasteiger partial charge in [0, 0.05) is 0 Å². The van der Waals surface area contributed by atoms with Gasteiger partial charge in [-0.25, -0.2) is 0 Å². The minimum absolute atomic E-state index is 0.0762. The number of aliphatic hydroxyl groups excluding tert-OH is 1. The van der Waals surface area contributed by atoms with Crippen molar-refractivity contribution in [2.75, 3.05) is 0 Å². The Balaban J connectivity index is 1.59. The monoisotopic (exact) mass is 222 g/mol. The average Bonchev–Trinajstić information content (AvgIpc) is 2.77. The SMILES string of the molecule is OC(Cc1ccsc1)C1C2CCCCC21. The predicted octanol–water partition coefficient (Wildman–Crippen LogP) is 3.09. The van der Waals surface area contributed by atoms with Gasteiger partial charge >= 0.3 is 0 Å². The first kappa shape index (κ1) is 9.86. The van der Waals surface area contributed by atoms with E-state index in [1.165, 1.54) is 31.2 Å². The van der Waals surface area contributed by atoms with Crippen LogP contribution in [0.4, 0.5) is 0 Å². The molecule has 2 heteroatoms. The zero-order valence-electron chi connectivity index (χ0n) is 8.93. The Morgan fingerprint density at radius 1 is 1.33 bits per heavy atom. The first-order chi connectivity index (χ1) is 7.36. The van der Waals surface area contributed by atoms with E-state index in [4.69, 9.17) is 0 Å². The van der Waals surface area contributed by atoms with Crippen LogP contribution in [0.2, 0.25) is 0 Å². The number of hydrogen-bond acceptors (Lipinski definition) is 2. The van der Waals surface area contributed by atoms with Crippen molar-refractivity contribution in [3.05, 3.63) is 22.4 Å². The van der Waals surface area contributed by atoms with E-state index in [-0.39, 0.29) is 6.10 Å². The highest BCUT2D eigenvalue weighted by atomic mass is 32.1. The maximum Gasteiger partial charge on any atom is 0.0614 e. The molecule has 0 aromatic carbocycles. The number of rotatable bonds is 3. The number of thiophene rings is 1.